The number of hydrogen-bond donors (Lipinski definition) is 1. The van der Waals surface area contributed by atoms with E-state index in [0.717, 1.165) is 18.4 Å². The molecule has 2 heteroatoms. The molecule has 0 unspecified atom stereocenters. The van der Waals surface area contributed by atoms with Crippen LogP contribution >= 0.6 is 0 Å². The molecule has 1 heterocycles. The quantitative estimate of drug-likeness (QED) is 0.795. The van der Waals surface area contributed by atoms with Crippen LogP contribution in [0.4, 0.5) is 0 Å². The molecule has 1 saturated carbocycles. The molecule has 2 aliphatic rings. The topological polar surface area (TPSA) is 32.8 Å². The highest BCUT2D eigenvalue weighted by Crippen LogP contribution is 2.58. The zero-order valence-electron chi connectivity index (χ0n) is 10.5. The highest BCUT2D eigenvalue weighted by molar-refractivity contribution is 5.30. The standard InChI is InChI=1S/C15H20O2/c1-11-8-9-13-15(10-11,17-13)14(2,16)12-6-4-3-5-7-12/h3-7,11,13,16H,8-10H2,1-2H3/t11-,13+,14-,15-/m1/s1. The second-order valence-electron chi connectivity index (χ2n) is 5.82. The molecule has 2 nitrogen and oxygen atoms in total. The molecule has 1 aromatic rings. The van der Waals surface area contributed by atoms with Crippen molar-refractivity contribution >= 4 is 0 Å². The second-order valence-corrected chi connectivity index (χ2v) is 5.82. The number of benzene rings is 1. The van der Waals surface area contributed by atoms with Gasteiger partial charge in [0.25, 0.3) is 0 Å². The lowest BCUT2D eigenvalue weighted by atomic mass is 9.71. The number of ether oxygens (including phenoxy) is 1. The predicted octanol–water partition coefficient (Wildman–Crippen LogP) is 2.85. The molecule has 0 bridgehead atoms. The van der Waals surface area contributed by atoms with E-state index in [4.69, 9.17) is 4.74 Å². The van der Waals surface area contributed by atoms with Crippen molar-refractivity contribution in [1.29, 1.82) is 0 Å². The van der Waals surface area contributed by atoms with Crippen LogP contribution in [0.2, 0.25) is 0 Å². The van der Waals surface area contributed by atoms with E-state index in [0.29, 0.717) is 5.92 Å². The van der Waals surface area contributed by atoms with E-state index in [-0.39, 0.29) is 11.7 Å². The maximum Gasteiger partial charge on any atom is 0.127 e. The van der Waals surface area contributed by atoms with Crippen LogP contribution in [0.5, 0.6) is 0 Å². The molecule has 3 rings (SSSR count). The first-order valence-corrected chi connectivity index (χ1v) is 6.52. The van der Waals surface area contributed by atoms with E-state index in [1.165, 1.54) is 6.42 Å². The summed E-state index contributed by atoms with van der Waals surface area (Å²) >= 11 is 0. The monoisotopic (exact) mass is 232 g/mol. The third-order valence-corrected chi connectivity index (χ3v) is 4.55. The van der Waals surface area contributed by atoms with Crippen molar-refractivity contribution in [2.75, 3.05) is 0 Å². The van der Waals surface area contributed by atoms with E-state index in [1.807, 2.05) is 37.3 Å². The van der Waals surface area contributed by atoms with E-state index in [9.17, 15) is 5.11 Å². The Morgan fingerprint density at radius 2 is 2.00 bits per heavy atom. The summed E-state index contributed by atoms with van der Waals surface area (Å²) in [5, 5.41) is 10.9. The van der Waals surface area contributed by atoms with Gasteiger partial charge in [-0.15, -0.1) is 0 Å². The molecule has 1 aromatic carbocycles. The molecule has 0 spiro atoms. The van der Waals surface area contributed by atoms with Gasteiger partial charge in [0.05, 0.1) is 6.10 Å². The highest BCUT2D eigenvalue weighted by Gasteiger charge is 2.68. The zero-order chi connectivity index (χ0) is 12.1. The largest absolute Gasteiger partial charge is 0.382 e. The summed E-state index contributed by atoms with van der Waals surface area (Å²) in [6, 6.07) is 9.92. The average molecular weight is 232 g/mol. The Labute approximate surface area is 103 Å². The van der Waals surface area contributed by atoms with Crippen molar-refractivity contribution in [3.05, 3.63) is 35.9 Å². The lowest BCUT2D eigenvalue weighted by Gasteiger charge is -2.35. The minimum absolute atomic E-state index is 0.258. The first kappa shape index (κ1) is 11.2. The van der Waals surface area contributed by atoms with Gasteiger partial charge in [-0.05, 0) is 37.7 Å². The van der Waals surface area contributed by atoms with Gasteiger partial charge in [-0.2, -0.15) is 0 Å². The molecule has 0 radical (unpaired) electrons. The van der Waals surface area contributed by atoms with E-state index < -0.39 is 5.60 Å². The van der Waals surface area contributed by atoms with Crippen LogP contribution < -0.4 is 0 Å². The van der Waals surface area contributed by atoms with Crippen LogP contribution in [0.15, 0.2) is 30.3 Å². The van der Waals surface area contributed by atoms with Crippen molar-refractivity contribution in [2.24, 2.45) is 5.92 Å². The zero-order valence-corrected chi connectivity index (χ0v) is 10.5. The average Bonchev–Trinajstić information content (AvgIpc) is 3.05. The number of aliphatic hydroxyl groups is 1. The molecule has 0 aromatic heterocycles. The second kappa shape index (κ2) is 3.56. The van der Waals surface area contributed by atoms with Crippen LogP contribution in [-0.4, -0.2) is 16.8 Å². The number of epoxide rings is 1. The molecule has 2 fully saturated rings. The van der Waals surface area contributed by atoms with Crippen molar-refractivity contribution in [1.82, 2.24) is 0 Å². The van der Waals surface area contributed by atoms with E-state index in [2.05, 4.69) is 6.92 Å². The summed E-state index contributed by atoms with van der Waals surface area (Å²) in [4.78, 5) is 0. The summed E-state index contributed by atoms with van der Waals surface area (Å²) in [5.74, 6) is 0.643. The van der Waals surface area contributed by atoms with Gasteiger partial charge in [-0.25, -0.2) is 0 Å². The maximum absolute atomic E-state index is 10.9. The van der Waals surface area contributed by atoms with Gasteiger partial charge in [0.2, 0.25) is 0 Å². The molecule has 1 aliphatic carbocycles. The fraction of sp³-hybridized carbons (Fsp3) is 0.600. The number of rotatable bonds is 2. The first-order chi connectivity index (χ1) is 8.06. The predicted molar refractivity (Wildman–Crippen MR) is 66.6 cm³/mol. The van der Waals surface area contributed by atoms with Crippen molar-refractivity contribution in [2.45, 2.75) is 50.4 Å². The van der Waals surface area contributed by atoms with Gasteiger partial charge in [0.1, 0.15) is 11.2 Å². The third kappa shape index (κ3) is 1.54. The first-order valence-electron chi connectivity index (χ1n) is 6.52. The molecule has 1 N–H and O–H groups in total. The summed E-state index contributed by atoms with van der Waals surface area (Å²) in [5.41, 5.74) is -0.226. The Morgan fingerprint density at radius 3 is 2.71 bits per heavy atom. The van der Waals surface area contributed by atoms with Gasteiger partial charge in [0.15, 0.2) is 0 Å². The fourth-order valence-corrected chi connectivity index (χ4v) is 3.38. The minimum atomic E-state index is -0.867. The van der Waals surface area contributed by atoms with Gasteiger partial charge in [-0.1, -0.05) is 37.3 Å². The smallest absolute Gasteiger partial charge is 0.127 e. The molecular formula is C15H20O2. The van der Waals surface area contributed by atoms with Crippen molar-refractivity contribution in [3.8, 4) is 0 Å². The van der Waals surface area contributed by atoms with Crippen molar-refractivity contribution in [3.63, 3.8) is 0 Å². The normalized spacial score (nSPS) is 39.2. The van der Waals surface area contributed by atoms with Crippen LogP contribution in [0.1, 0.15) is 38.7 Å². The van der Waals surface area contributed by atoms with Gasteiger partial charge < -0.3 is 9.84 Å². The fourth-order valence-electron chi connectivity index (χ4n) is 3.38. The summed E-state index contributed by atoms with van der Waals surface area (Å²) in [7, 11) is 0. The van der Waals surface area contributed by atoms with Crippen molar-refractivity contribution < 1.29 is 9.84 Å². The lowest BCUT2D eigenvalue weighted by Crippen LogP contribution is -2.44. The summed E-state index contributed by atoms with van der Waals surface area (Å²) in [6.07, 6.45) is 3.54. The Kier molecular flexibility index (Phi) is 2.36. The molecule has 0 amide bonds. The maximum atomic E-state index is 10.9. The molecule has 92 valence electrons. The molecule has 4 atom stereocenters. The molecule has 1 aliphatic heterocycles. The summed E-state index contributed by atoms with van der Waals surface area (Å²) in [6.45, 7) is 4.15. The third-order valence-electron chi connectivity index (χ3n) is 4.55. The Morgan fingerprint density at radius 1 is 1.29 bits per heavy atom. The van der Waals surface area contributed by atoms with E-state index in [1.54, 1.807) is 0 Å². The van der Waals surface area contributed by atoms with Crippen LogP contribution in [0.3, 0.4) is 0 Å². The molecule has 1 saturated heterocycles. The Balaban J connectivity index is 1.94. The summed E-state index contributed by atoms with van der Waals surface area (Å²) < 4.78 is 5.91. The van der Waals surface area contributed by atoms with Gasteiger partial charge in [-0.3, -0.25) is 0 Å². The van der Waals surface area contributed by atoms with Crippen LogP contribution in [-0.2, 0) is 10.3 Å². The van der Waals surface area contributed by atoms with Crippen LogP contribution in [0.25, 0.3) is 0 Å². The van der Waals surface area contributed by atoms with E-state index >= 15 is 0 Å². The Bertz CT molecular complexity index is 412. The number of fused-ring (bicyclic) bond motifs is 1. The molecule has 17 heavy (non-hydrogen) atoms. The molecular weight excluding hydrogens is 212 g/mol. The highest BCUT2D eigenvalue weighted by atomic mass is 16.6. The van der Waals surface area contributed by atoms with Crippen LogP contribution in [0, 0.1) is 5.92 Å². The SMILES string of the molecule is C[C@@H]1CC[C@@H]2O[C@]2([C@](C)(O)c2ccccc2)C1. The van der Waals surface area contributed by atoms with Gasteiger partial charge >= 0.3 is 0 Å². The van der Waals surface area contributed by atoms with Gasteiger partial charge in [0, 0.05) is 0 Å². The Hall–Kier alpha value is -0.860. The minimum Gasteiger partial charge on any atom is -0.382 e. The lowest BCUT2D eigenvalue weighted by molar-refractivity contribution is -0.0390. The number of hydrogen-bond acceptors (Lipinski definition) is 2.